The maximum Gasteiger partial charge on any atom is 0.191 e. The van der Waals surface area contributed by atoms with E-state index in [1.54, 1.807) is 0 Å². The number of likely N-dealkylation sites (tertiary alicyclic amines) is 1. The van der Waals surface area contributed by atoms with Crippen LogP contribution in [0.4, 0.5) is 0 Å². The summed E-state index contributed by atoms with van der Waals surface area (Å²) in [5.74, 6) is 2.43. The minimum absolute atomic E-state index is 0.116. The van der Waals surface area contributed by atoms with Crippen molar-refractivity contribution in [1.82, 2.24) is 15.5 Å². The molecule has 158 valence electrons. The molecule has 0 saturated carbocycles. The van der Waals surface area contributed by atoms with Crippen LogP contribution in [0.3, 0.4) is 0 Å². The van der Waals surface area contributed by atoms with Crippen LogP contribution in [-0.4, -0.2) is 75.5 Å². The lowest BCUT2D eigenvalue weighted by Crippen LogP contribution is -2.57. The van der Waals surface area contributed by atoms with E-state index in [0.717, 1.165) is 63.5 Å². The van der Waals surface area contributed by atoms with E-state index in [2.05, 4.69) is 48.2 Å². The van der Waals surface area contributed by atoms with Crippen molar-refractivity contribution in [1.29, 1.82) is 0 Å². The number of hydrogen-bond donors (Lipinski definition) is 2. The molecule has 3 unspecified atom stereocenters. The van der Waals surface area contributed by atoms with Gasteiger partial charge in [0.15, 0.2) is 5.96 Å². The molecule has 27 heavy (non-hydrogen) atoms. The minimum Gasteiger partial charge on any atom is -0.379 e. The number of rotatable bonds is 9. The van der Waals surface area contributed by atoms with Crippen molar-refractivity contribution in [3.05, 3.63) is 0 Å². The summed E-state index contributed by atoms with van der Waals surface area (Å²) >= 11 is 0. The summed E-state index contributed by atoms with van der Waals surface area (Å²) in [5.41, 5.74) is 0.116. The predicted octanol–water partition coefficient (Wildman–Crippen LogP) is 2.49. The number of guanidine groups is 1. The zero-order valence-electron chi connectivity index (χ0n) is 18.2. The van der Waals surface area contributed by atoms with E-state index in [0.29, 0.717) is 6.10 Å². The molecule has 2 fully saturated rings. The van der Waals surface area contributed by atoms with E-state index in [4.69, 9.17) is 9.47 Å². The van der Waals surface area contributed by atoms with Crippen LogP contribution in [0.25, 0.3) is 0 Å². The first-order valence-corrected chi connectivity index (χ1v) is 10.8. The average Bonchev–Trinajstić information content (AvgIpc) is 3.13. The van der Waals surface area contributed by atoms with Gasteiger partial charge in [-0.3, -0.25) is 9.89 Å². The van der Waals surface area contributed by atoms with Crippen LogP contribution in [0.2, 0.25) is 0 Å². The summed E-state index contributed by atoms with van der Waals surface area (Å²) < 4.78 is 11.3. The van der Waals surface area contributed by atoms with Crippen molar-refractivity contribution in [2.75, 3.05) is 53.0 Å². The fourth-order valence-corrected chi connectivity index (χ4v) is 4.16. The van der Waals surface area contributed by atoms with Crippen LogP contribution in [0.1, 0.15) is 53.4 Å². The van der Waals surface area contributed by atoms with Gasteiger partial charge in [0.25, 0.3) is 0 Å². The van der Waals surface area contributed by atoms with Crippen molar-refractivity contribution in [3.8, 4) is 0 Å². The molecule has 0 spiro atoms. The monoisotopic (exact) mass is 382 g/mol. The highest BCUT2D eigenvalue weighted by Crippen LogP contribution is 2.26. The molecule has 2 aliphatic rings. The largest absolute Gasteiger partial charge is 0.379 e. The van der Waals surface area contributed by atoms with Crippen molar-refractivity contribution in [2.24, 2.45) is 16.8 Å². The van der Waals surface area contributed by atoms with Crippen molar-refractivity contribution in [2.45, 2.75) is 65.0 Å². The highest BCUT2D eigenvalue weighted by molar-refractivity contribution is 5.79. The van der Waals surface area contributed by atoms with Crippen LogP contribution in [0, 0.1) is 11.8 Å². The van der Waals surface area contributed by atoms with E-state index in [9.17, 15) is 0 Å². The summed E-state index contributed by atoms with van der Waals surface area (Å²) in [7, 11) is 1.83. The Kier molecular flexibility index (Phi) is 9.33. The number of nitrogens with zero attached hydrogens (tertiary/aromatic N) is 2. The Hall–Kier alpha value is -0.850. The molecule has 0 aliphatic carbocycles. The highest BCUT2D eigenvalue weighted by atomic mass is 16.5. The van der Waals surface area contributed by atoms with Crippen molar-refractivity contribution >= 4 is 5.96 Å². The van der Waals surface area contributed by atoms with Crippen LogP contribution in [0.15, 0.2) is 4.99 Å². The molecule has 2 rings (SSSR count). The Bertz CT molecular complexity index is 439. The smallest absolute Gasteiger partial charge is 0.191 e. The Balaban J connectivity index is 1.61. The number of nitrogens with one attached hydrogen (secondary N) is 2. The van der Waals surface area contributed by atoms with Gasteiger partial charge in [0.05, 0.1) is 12.7 Å². The molecular formula is C21H42N4O2. The van der Waals surface area contributed by atoms with E-state index < -0.39 is 0 Å². The molecular weight excluding hydrogens is 340 g/mol. The maximum absolute atomic E-state index is 5.71. The molecule has 0 amide bonds. The quantitative estimate of drug-likeness (QED) is 0.364. The Labute approximate surface area is 166 Å². The molecule has 0 aromatic heterocycles. The van der Waals surface area contributed by atoms with E-state index in [-0.39, 0.29) is 5.54 Å². The van der Waals surface area contributed by atoms with E-state index >= 15 is 0 Å². The van der Waals surface area contributed by atoms with Gasteiger partial charge in [0, 0.05) is 52.0 Å². The molecule has 2 heterocycles. The molecule has 6 heteroatoms. The molecule has 0 radical (unpaired) electrons. The second-order valence-corrected chi connectivity index (χ2v) is 9.08. The zero-order valence-corrected chi connectivity index (χ0v) is 18.2. The summed E-state index contributed by atoms with van der Waals surface area (Å²) in [5, 5.41) is 6.91. The third-order valence-corrected chi connectivity index (χ3v) is 5.72. The second-order valence-electron chi connectivity index (χ2n) is 9.08. The molecule has 2 N–H and O–H groups in total. The normalized spacial score (nSPS) is 27.7. The molecule has 3 atom stereocenters. The molecule has 2 aliphatic heterocycles. The van der Waals surface area contributed by atoms with Crippen molar-refractivity contribution in [3.63, 3.8) is 0 Å². The standard InChI is InChI=1S/C21H42N4O2/c1-17-12-18(2)14-25(13-17)21(3,4)16-24-20(22-5)23-9-7-10-26-15-19-8-6-11-27-19/h17-19H,6-16H2,1-5H3,(H2,22,23,24). The fourth-order valence-electron chi connectivity index (χ4n) is 4.16. The van der Waals surface area contributed by atoms with Gasteiger partial charge in [-0.15, -0.1) is 0 Å². The van der Waals surface area contributed by atoms with E-state index in [1.165, 1.54) is 25.9 Å². The Morgan fingerprint density at radius 2 is 1.96 bits per heavy atom. The molecule has 0 bridgehead atoms. The zero-order chi connectivity index (χ0) is 19.7. The van der Waals surface area contributed by atoms with Crippen LogP contribution >= 0.6 is 0 Å². The second kappa shape index (κ2) is 11.2. The summed E-state index contributed by atoms with van der Waals surface area (Å²) in [6, 6.07) is 0. The summed E-state index contributed by atoms with van der Waals surface area (Å²) in [6.45, 7) is 15.9. The molecule has 0 aromatic rings. The first-order chi connectivity index (χ1) is 12.9. The minimum atomic E-state index is 0.116. The number of piperidine rings is 1. The van der Waals surface area contributed by atoms with Gasteiger partial charge in [0.1, 0.15) is 0 Å². The van der Waals surface area contributed by atoms with Crippen LogP contribution < -0.4 is 10.6 Å². The van der Waals surface area contributed by atoms with Crippen molar-refractivity contribution < 1.29 is 9.47 Å². The third kappa shape index (κ3) is 7.96. The van der Waals surface area contributed by atoms with E-state index in [1.807, 2.05) is 7.05 Å². The SMILES string of the molecule is CN=C(NCCCOCC1CCCO1)NCC(C)(C)N1CC(C)CC(C)C1. The molecule has 0 aromatic carbocycles. The summed E-state index contributed by atoms with van der Waals surface area (Å²) in [6.07, 6.45) is 4.94. The lowest BCUT2D eigenvalue weighted by atomic mass is 9.88. The van der Waals surface area contributed by atoms with Gasteiger partial charge in [-0.05, 0) is 51.4 Å². The fraction of sp³-hybridized carbons (Fsp3) is 0.952. The average molecular weight is 383 g/mol. The van der Waals surface area contributed by atoms with Crippen LogP contribution in [-0.2, 0) is 9.47 Å². The van der Waals surface area contributed by atoms with Gasteiger partial charge in [0.2, 0.25) is 0 Å². The van der Waals surface area contributed by atoms with Gasteiger partial charge in [-0.25, -0.2) is 0 Å². The van der Waals surface area contributed by atoms with Gasteiger partial charge in [-0.2, -0.15) is 0 Å². The van der Waals surface area contributed by atoms with Gasteiger partial charge >= 0.3 is 0 Å². The summed E-state index contributed by atoms with van der Waals surface area (Å²) in [4.78, 5) is 6.99. The Morgan fingerprint density at radius 1 is 1.22 bits per heavy atom. The van der Waals surface area contributed by atoms with Gasteiger partial charge in [-0.1, -0.05) is 13.8 Å². The first-order valence-electron chi connectivity index (χ1n) is 10.8. The lowest BCUT2D eigenvalue weighted by Gasteiger charge is -2.45. The first kappa shape index (κ1) is 22.4. The highest BCUT2D eigenvalue weighted by Gasteiger charge is 2.32. The van der Waals surface area contributed by atoms with Gasteiger partial charge < -0.3 is 20.1 Å². The Morgan fingerprint density at radius 3 is 2.59 bits per heavy atom. The third-order valence-electron chi connectivity index (χ3n) is 5.72. The maximum atomic E-state index is 5.71. The molecule has 6 nitrogen and oxygen atoms in total. The molecule has 2 saturated heterocycles. The number of aliphatic imine (C=N–C) groups is 1. The van der Waals surface area contributed by atoms with Crippen LogP contribution in [0.5, 0.6) is 0 Å². The predicted molar refractivity (Wildman–Crippen MR) is 112 cm³/mol. The number of ether oxygens (including phenoxy) is 2. The topological polar surface area (TPSA) is 58.1 Å². The lowest BCUT2D eigenvalue weighted by molar-refractivity contribution is 0.0168. The number of hydrogen-bond acceptors (Lipinski definition) is 4.